The molecule has 0 saturated carbocycles. The monoisotopic (exact) mass is 502 g/mol. The summed E-state index contributed by atoms with van der Waals surface area (Å²) in [7, 11) is 1.71. The van der Waals surface area contributed by atoms with Gasteiger partial charge in [0, 0.05) is 43.7 Å². The van der Waals surface area contributed by atoms with Crippen LogP contribution in [-0.2, 0) is 22.4 Å². The average molecular weight is 503 g/mol. The van der Waals surface area contributed by atoms with Crippen LogP contribution in [0, 0.1) is 11.3 Å². The first-order valence-electron chi connectivity index (χ1n) is 13.6. The first-order chi connectivity index (χ1) is 18.0. The van der Waals surface area contributed by atoms with E-state index in [1.54, 1.807) is 13.2 Å². The van der Waals surface area contributed by atoms with E-state index < -0.39 is 0 Å². The van der Waals surface area contributed by atoms with Crippen LogP contribution in [0.15, 0.2) is 48.5 Å². The highest BCUT2D eigenvalue weighted by Crippen LogP contribution is 2.42. The van der Waals surface area contributed by atoms with E-state index in [-0.39, 0.29) is 17.2 Å². The third-order valence-electron chi connectivity index (χ3n) is 8.52. The number of hydrogen-bond acceptors (Lipinski definition) is 4. The maximum absolute atomic E-state index is 13.5. The topological polar surface area (TPSA) is 59.1 Å². The van der Waals surface area contributed by atoms with Gasteiger partial charge in [-0.2, -0.15) is 0 Å². The number of likely N-dealkylation sites (tertiary alicyclic amines) is 2. The number of benzene rings is 2. The largest absolute Gasteiger partial charge is 0.496 e. The standard InChI is InChI=1S/C31H38N2O4/c1-3-37-27-9-5-4-7-24(27)13-14-29(34)32-18-15-31(16-19-32)17-20-33(22-31)30(35)25-12-11-23-8-6-10-28(36-2)26(23)21-25/h4-10,13-14,25H,3,11-12,15-22H2,1-2H3/b14-13+. The quantitative estimate of drug-likeness (QED) is 0.535. The normalized spacial score (nSPS) is 20.8. The highest BCUT2D eigenvalue weighted by Gasteiger charge is 2.44. The van der Waals surface area contributed by atoms with E-state index in [1.807, 2.05) is 54.3 Å². The zero-order valence-electron chi connectivity index (χ0n) is 22.1. The van der Waals surface area contributed by atoms with Crippen LogP contribution >= 0.6 is 0 Å². The third kappa shape index (κ3) is 5.39. The lowest BCUT2D eigenvalue weighted by Gasteiger charge is -2.39. The molecule has 2 aliphatic heterocycles. The van der Waals surface area contributed by atoms with Gasteiger partial charge in [-0.3, -0.25) is 9.59 Å². The van der Waals surface area contributed by atoms with Crippen molar-refractivity contribution in [2.45, 2.75) is 45.4 Å². The highest BCUT2D eigenvalue weighted by atomic mass is 16.5. The number of para-hydroxylation sites is 1. The highest BCUT2D eigenvalue weighted by molar-refractivity contribution is 5.92. The summed E-state index contributed by atoms with van der Waals surface area (Å²) in [6.45, 7) is 5.68. The summed E-state index contributed by atoms with van der Waals surface area (Å²) >= 11 is 0. The van der Waals surface area contributed by atoms with E-state index in [2.05, 4.69) is 11.0 Å². The van der Waals surface area contributed by atoms with Crippen LogP contribution in [0.25, 0.3) is 6.08 Å². The molecule has 196 valence electrons. The number of piperidine rings is 1. The van der Waals surface area contributed by atoms with Gasteiger partial charge in [0.05, 0.1) is 13.7 Å². The number of hydrogen-bond donors (Lipinski definition) is 0. The Morgan fingerprint density at radius 1 is 1.00 bits per heavy atom. The lowest BCUT2D eigenvalue weighted by Crippen LogP contribution is -2.45. The predicted molar refractivity (Wildman–Crippen MR) is 145 cm³/mol. The summed E-state index contributed by atoms with van der Waals surface area (Å²) in [6.07, 6.45) is 9.06. The van der Waals surface area contributed by atoms with Crippen molar-refractivity contribution in [1.82, 2.24) is 9.80 Å². The number of aryl methyl sites for hydroxylation is 1. The van der Waals surface area contributed by atoms with Gasteiger partial charge in [0.2, 0.25) is 11.8 Å². The van der Waals surface area contributed by atoms with Gasteiger partial charge in [-0.05, 0) is 80.2 Å². The fourth-order valence-corrected chi connectivity index (χ4v) is 6.32. The molecular weight excluding hydrogens is 464 g/mol. The Hall–Kier alpha value is -3.28. The van der Waals surface area contributed by atoms with Crippen molar-refractivity contribution in [3.63, 3.8) is 0 Å². The molecular formula is C31H38N2O4. The molecule has 3 aliphatic rings. The second kappa shape index (κ2) is 11.0. The molecule has 1 aliphatic carbocycles. The van der Waals surface area contributed by atoms with Crippen molar-refractivity contribution in [2.75, 3.05) is 39.9 Å². The summed E-state index contributed by atoms with van der Waals surface area (Å²) in [5, 5.41) is 0. The van der Waals surface area contributed by atoms with Crippen molar-refractivity contribution in [2.24, 2.45) is 11.3 Å². The predicted octanol–water partition coefficient (Wildman–Crippen LogP) is 4.75. The van der Waals surface area contributed by atoms with Gasteiger partial charge in [0.15, 0.2) is 0 Å². The van der Waals surface area contributed by atoms with E-state index in [0.29, 0.717) is 12.5 Å². The number of nitrogens with zero attached hydrogens (tertiary/aromatic N) is 2. The Bertz CT molecular complexity index is 1150. The van der Waals surface area contributed by atoms with Crippen molar-refractivity contribution in [1.29, 1.82) is 0 Å². The Morgan fingerprint density at radius 3 is 2.49 bits per heavy atom. The molecule has 1 atom stereocenters. The molecule has 6 nitrogen and oxygen atoms in total. The fraction of sp³-hybridized carbons (Fsp3) is 0.484. The van der Waals surface area contributed by atoms with E-state index in [0.717, 1.165) is 81.8 Å². The molecule has 0 radical (unpaired) electrons. The van der Waals surface area contributed by atoms with Gasteiger partial charge in [-0.1, -0.05) is 30.3 Å². The second-order valence-corrected chi connectivity index (χ2v) is 10.7. The minimum absolute atomic E-state index is 0.0327. The smallest absolute Gasteiger partial charge is 0.246 e. The molecule has 1 spiro atoms. The number of carbonyl (C=O) groups is 2. The summed E-state index contributed by atoms with van der Waals surface area (Å²) in [5.41, 5.74) is 3.57. The zero-order chi connectivity index (χ0) is 25.8. The van der Waals surface area contributed by atoms with E-state index in [4.69, 9.17) is 9.47 Å². The summed E-state index contributed by atoms with van der Waals surface area (Å²) in [6, 6.07) is 14.0. The molecule has 37 heavy (non-hydrogen) atoms. The minimum atomic E-state index is 0.0327. The molecule has 1 unspecified atom stereocenters. The molecule has 6 heteroatoms. The van der Waals surface area contributed by atoms with Crippen molar-refractivity contribution < 1.29 is 19.1 Å². The summed E-state index contributed by atoms with van der Waals surface area (Å²) < 4.78 is 11.2. The Morgan fingerprint density at radius 2 is 1.73 bits per heavy atom. The van der Waals surface area contributed by atoms with Crippen molar-refractivity contribution in [3.8, 4) is 11.5 Å². The van der Waals surface area contributed by atoms with Crippen LogP contribution in [0.2, 0.25) is 0 Å². The first kappa shape index (κ1) is 25.4. The average Bonchev–Trinajstić information content (AvgIpc) is 3.35. The van der Waals surface area contributed by atoms with E-state index >= 15 is 0 Å². The van der Waals surface area contributed by atoms with Gasteiger partial charge in [0.25, 0.3) is 0 Å². The Labute approximate surface area is 220 Å². The van der Waals surface area contributed by atoms with E-state index in [9.17, 15) is 9.59 Å². The third-order valence-corrected chi connectivity index (χ3v) is 8.52. The van der Waals surface area contributed by atoms with Crippen LogP contribution in [0.3, 0.4) is 0 Å². The number of rotatable bonds is 6. The lowest BCUT2D eigenvalue weighted by molar-refractivity contribution is -0.136. The molecule has 2 aromatic carbocycles. The summed E-state index contributed by atoms with van der Waals surface area (Å²) in [5.74, 6) is 2.07. The maximum Gasteiger partial charge on any atom is 0.246 e. The number of fused-ring (bicyclic) bond motifs is 1. The molecule has 2 amide bonds. The molecule has 0 aromatic heterocycles. The minimum Gasteiger partial charge on any atom is -0.496 e. The number of methoxy groups -OCH3 is 1. The van der Waals surface area contributed by atoms with Gasteiger partial charge < -0.3 is 19.3 Å². The Kier molecular flexibility index (Phi) is 7.54. The van der Waals surface area contributed by atoms with Crippen LogP contribution in [0.1, 0.15) is 49.3 Å². The molecule has 0 bridgehead atoms. The molecule has 2 heterocycles. The zero-order valence-corrected chi connectivity index (χ0v) is 22.1. The number of amides is 2. The summed E-state index contributed by atoms with van der Waals surface area (Å²) in [4.78, 5) is 30.5. The fourth-order valence-electron chi connectivity index (χ4n) is 6.32. The van der Waals surface area contributed by atoms with Crippen molar-refractivity contribution >= 4 is 17.9 Å². The van der Waals surface area contributed by atoms with Gasteiger partial charge in [-0.25, -0.2) is 0 Å². The first-order valence-corrected chi connectivity index (χ1v) is 13.6. The molecule has 2 fully saturated rings. The van der Waals surface area contributed by atoms with E-state index in [1.165, 1.54) is 11.1 Å². The number of ether oxygens (including phenoxy) is 2. The van der Waals surface area contributed by atoms with Gasteiger partial charge in [0.1, 0.15) is 11.5 Å². The van der Waals surface area contributed by atoms with Crippen LogP contribution in [0.4, 0.5) is 0 Å². The molecule has 2 saturated heterocycles. The lowest BCUT2D eigenvalue weighted by atomic mass is 9.77. The molecule has 5 rings (SSSR count). The van der Waals surface area contributed by atoms with Crippen LogP contribution < -0.4 is 9.47 Å². The number of carbonyl (C=O) groups excluding carboxylic acids is 2. The molecule has 0 N–H and O–H groups in total. The Balaban J connectivity index is 1.15. The SMILES string of the molecule is CCOc1ccccc1/C=C/C(=O)N1CCC2(CC1)CCN(C(=O)C1CCc3cccc(OC)c3C1)C2. The maximum atomic E-state index is 13.5. The van der Waals surface area contributed by atoms with Crippen LogP contribution in [0.5, 0.6) is 11.5 Å². The second-order valence-electron chi connectivity index (χ2n) is 10.7. The van der Waals surface area contributed by atoms with Crippen LogP contribution in [-0.4, -0.2) is 61.5 Å². The van der Waals surface area contributed by atoms with Crippen molar-refractivity contribution in [3.05, 3.63) is 65.2 Å². The van der Waals surface area contributed by atoms with Gasteiger partial charge >= 0.3 is 0 Å². The molecule has 2 aromatic rings. The van der Waals surface area contributed by atoms with Gasteiger partial charge in [-0.15, -0.1) is 0 Å².